The lowest BCUT2D eigenvalue weighted by atomic mass is 9.70. The van der Waals surface area contributed by atoms with Crippen molar-refractivity contribution in [1.29, 1.82) is 0 Å². The minimum absolute atomic E-state index is 0.484. The van der Waals surface area contributed by atoms with Crippen molar-refractivity contribution in [2.75, 3.05) is 0 Å². The van der Waals surface area contributed by atoms with Gasteiger partial charge in [-0.25, -0.2) is 0 Å². The molecule has 0 heteroatoms. The second-order valence-electron chi connectivity index (χ2n) is 13.2. The van der Waals surface area contributed by atoms with Gasteiger partial charge < -0.3 is 0 Å². The zero-order valence-corrected chi connectivity index (χ0v) is 21.8. The predicted molar refractivity (Wildman–Crippen MR) is 136 cm³/mol. The lowest BCUT2D eigenvalue weighted by molar-refractivity contribution is 0.182. The molecule has 177 valence electrons. The van der Waals surface area contributed by atoms with E-state index < -0.39 is 0 Å². The van der Waals surface area contributed by atoms with Crippen molar-refractivity contribution < 1.29 is 0 Å². The van der Waals surface area contributed by atoms with Crippen molar-refractivity contribution in [3.8, 4) is 0 Å². The van der Waals surface area contributed by atoms with Gasteiger partial charge in [0, 0.05) is 0 Å². The highest BCUT2D eigenvalue weighted by Crippen LogP contribution is 2.42. The summed E-state index contributed by atoms with van der Waals surface area (Å²) in [4.78, 5) is 0. The lowest BCUT2D eigenvalue weighted by Gasteiger charge is -2.35. The predicted octanol–water partition coefficient (Wildman–Crippen LogP) is 10.7. The lowest BCUT2D eigenvalue weighted by Crippen LogP contribution is -2.22. The molecular formula is C30H57. The number of unbranched alkanes of at least 4 members (excludes halogenated alkanes) is 8. The van der Waals surface area contributed by atoms with E-state index in [-0.39, 0.29) is 0 Å². The fourth-order valence-electron chi connectivity index (χ4n) is 6.22. The maximum absolute atomic E-state index is 2.46. The molecule has 1 atom stereocenters. The largest absolute Gasteiger partial charge is 0.0602 e. The fourth-order valence-corrected chi connectivity index (χ4v) is 6.22. The first-order valence-corrected chi connectivity index (χ1v) is 14.1. The highest BCUT2D eigenvalue weighted by Gasteiger charge is 2.29. The highest BCUT2D eigenvalue weighted by atomic mass is 14.3. The van der Waals surface area contributed by atoms with Crippen molar-refractivity contribution in [3.63, 3.8) is 0 Å². The van der Waals surface area contributed by atoms with Gasteiger partial charge in [-0.3, -0.25) is 0 Å². The van der Waals surface area contributed by atoms with E-state index in [1.54, 1.807) is 0 Å². The van der Waals surface area contributed by atoms with Gasteiger partial charge in [0.2, 0.25) is 0 Å². The van der Waals surface area contributed by atoms with Gasteiger partial charge in [-0.2, -0.15) is 0 Å². The Morgan fingerprint density at radius 2 is 1.23 bits per heavy atom. The molecule has 0 spiro atoms. The van der Waals surface area contributed by atoms with Crippen molar-refractivity contribution in [1.82, 2.24) is 0 Å². The van der Waals surface area contributed by atoms with Gasteiger partial charge in [0.15, 0.2) is 0 Å². The van der Waals surface area contributed by atoms with Crippen LogP contribution in [0.4, 0.5) is 0 Å². The van der Waals surface area contributed by atoms with Crippen LogP contribution in [0.2, 0.25) is 0 Å². The van der Waals surface area contributed by atoms with Crippen molar-refractivity contribution >= 4 is 0 Å². The molecule has 0 saturated heterocycles. The minimum atomic E-state index is 0.484. The Morgan fingerprint density at radius 1 is 0.700 bits per heavy atom. The van der Waals surface area contributed by atoms with Crippen LogP contribution in [0.25, 0.3) is 0 Å². The summed E-state index contributed by atoms with van der Waals surface area (Å²) in [6, 6.07) is 0. The SMILES string of the molecule is CC(C)(C)C[C]1CCCCC1CCCCCCCCCCCC1CCC(C)(C)CC1. The maximum Gasteiger partial charge on any atom is -0.0205 e. The van der Waals surface area contributed by atoms with Crippen LogP contribution in [-0.4, -0.2) is 0 Å². The fraction of sp³-hybridized carbons (Fsp3) is 0.967. The van der Waals surface area contributed by atoms with Crippen LogP contribution >= 0.6 is 0 Å². The zero-order chi connectivity index (χ0) is 21.9. The molecule has 2 aliphatic rings. The van der Waals surface area contributed by atoms with E-state index >= 15 is 0 Å². The molecule has 1 unspecified atom stereocenters. The molecular weight excluding hydrogens is 360 g/mol. The first-order valence-electron chi connectivity index (χ1n) is 14.1. The third kappa shape index (κ3) is 11.6. The summed E-state index contributed by atoms with van der Waals surface area (Å²) in [5.41, 5.74) is 1.12. The molecule has 0 heterocycles. The van der Waals surface area contributed by atoms with E-state index in [1.807, 2.05) is 5.92 Å². The van der Waals surface area contributed by atoms with Crippen molar-refractivity contribution in [2.24, 2.45) is 22.7 Å². The summed E-state index contributed by atoms with van der Waals surface area (Å²) >= 11 is 0. The molecule has 0 amide bonds. The molecule has 1 radical (unpaired) electrons. The van der Waals surface area contributed by atoms with Gasteiger partial charge in [0.1, 0.15) is 0 Å². The third-order valence-corrected chi connectivity index (χ3v) is 8.26. The Bertz CT molecular complexity index is 416. The number of rotatable bonds is 13. The van der Waals surface area contributed by atoms with Gasteiger partial charge in [0.05, 0.1) is 0 Å². The average molecular weight is 418 g/mol. The molecule has 0 aromatic rings. The molecule has 2 fully saturated rings. The summed E-state index contributed by atoms with van der Waals surface area (Å²) in [5.74, 6) is 3.95. The molecule has 0 nitrogen and oxygen atoms in total. The molecule has 2 aliphatic carbocycles. The zero-order valence-electron chi connectivity index (χ0n) is 21.8. The Kier molecular flexibility index (Phi) is 11.8. The summed E-state index contributed by atoms with van der Waals surface area (Å²) in [7, 11) is 0. The second-order valence-corrected chi connectivity index (χ2v) is 13.2. The van der Waals surface area contributed by atoms with Crippen molar-refractivity contribution in [3.05, 3.63) is 5.92 Å². The van der Waals surface area contributed by atoms with Crippen LogP contribution < -0.4 is 0 Å². The van der Waals surface area contributed by atoms with E-state index in [1.165, 1.54) is 128 Å². The number of hydrogen-bond donors (Lipinski definition) is 0. The Morgan fingerprint density at radius 3 is 1.80 bits per heavy atom. The van der Waals surface area contributed by atoms with Gasteiger partial charge in [-0.15, -0.1) is 0 Å². The van der Waals surface area contributed by atoms with E-state index in [2.05, 4.69) is 34.6 Å². The highest BCUT2D eigenvalue weighted by molar-refractivity contribution is 5.01. The maximum atomic E-state index is 2.46. The minimum Gasteiger partial charge on any atom is -0.0602 e. The van der Waals surface area contributed by atoms with E-state index in [0.29, 0.717) is 10.8 Å². The smallest absolute Gasteiger partial charge is 0.0205 e. The Labute approximate surface area is 191 Å². The standard InChI is InChI=1S/C30H57/c1-29(2,3)25-28-20-16-15-19-27(28)18-14-12-10-8-6-7-9-11-13-17-26-21-23-30(4,5)24-22-26/h26-27H,6-25H2,1-5H3. The van der Waals surface area contributed by atoms with Crippen LogP contribution in [0.15, 0.2) is 0 Å². The Balaban J connectivity index is 1.39. The normalized spacial score (nSPS) is 23.7. The van der Waals surface area contributed by atoms with Crippen LogP contribution in [-0.2, 0) is 0 Å². The molecule has 0 aromatic carbocycles. The summed E-state index contributed by atoms with van der Waals surface area (Å²) in [6.07, 6.45) is 29.6. The van der Waals surface area contributed by atoms with Crippen LogP contribution in [0, 0.1) is 28.6 Å². The monoisotopic (exact) mass is 417 g/mol. The van der Waals surface area contributed by atoms with Gasteiger partial charge in [0.25, 0.3) is 0 Å². The molecule has 0 aromatic heterocycles. The molecule has 2 saturated carbocycles. The number of hydrogen-bond acceptors (Lipinski definition) is 0. The molecule has 0 N–H and O–H groups in total. The molecule has 0 bridgehead atoms. The van der Waals surface area contributed by atoms with E-state index in [9.17, 15) is 0 Å². The van der Waals surface area contributed by atoms with Crippen LogP contribution in [0.3, 0.4) is 0 Å². The molecule has 30 heavy (non-hydrogen) atoms. The first kappa shape index (κ1) is 26.3. The van der Waals surface area contributed by atoms with Crippen LogP contribution in [0.1, 0.15) is 163 Å². The van der Waals surface area contributed by atoms with Crippen LogP contribution in [0.5, 0.6) is 0 Å². The quantitative estimate of drug-likeness (QED) is 0.261. The summed E-state index contributed by atoms with van der Waals surface area (Å²) in [5, 5.41) is 0. The van der Waals surface area contributed by atoms with E-state index in [0.717, 1.165) is 11.8 Å². The molecule has 0 aliphatic heterocycles. The first-order chi connectivity index (χ1) is 14.3. The van der Waals surface area contributed by atoms with Gasteiger partial charge in [-0.05, 0) is 80.0 Å². The Hall–Kier alpha value is 0. The summed E-state index contributed by atoms with van der Waals surface area (Å²) in [6.45, 7) is 12.2. The average Bonchev–Trinajstić information content (AvgIpc) is 2.67. The van der Waals surface area contributed by atoms with E-state index in [4.69, 9.17) is 0 Å². The van der Waals surface area contributed by atoms with Gasteiger partial charge in [-0.1, -0.05) is 112 Å². The second kappa shape index (κ2) is 13.5. The molecule has 2 rings (SSSR count). The topological polar surface area (TPSA) is 0 Å². The van der Waals surface area contributed by atoms with Gasteiger partial charge >= 0.3 is 0 Å². The summed E-state index contributed by atoms with van der Waals surface area (Å²) < 4.78 is 0. The third-order valence-electron chi connectivity index (χ3n) is 8.26. The van der Waals surface area contributed by atoms with Crippen molar-refractivity contribution in [2.45, 2.75) is 163 Å².